The summed E-state index contributed by atoms with van der Waals surface area (Å²) in [6.45, 7) is 4.57. The van der Waals surface area contributed by atoms with Crippen molar-refractivity contribution in [1.82, 2.24) is 9.80 Å². The minimum Gasteiger partial charge on any atom is -0.481 e. The van der Waals surface area contributed by atoms with Crippen molar-refractivity contribution in [3.8, 4) is 0 Å². The van der Waals surface area contributed by atoms with Crippen molar-refractivity contribution in [1.29, 1.82) is 0 Å². The molecule has 0 aromatic heterocycles. The van der Waals surface area contributed by atoms with E-state index >= 15 is 0 Å². The van der Waals surface area contributed by atoms with Crippen LogP contribution >= 0.6 is 0 Å². The number of carboxylic acid groups (broad SMARTS) is 3. The highest BCUT2D eigenvalue weighted by molar-refractivity contribution is 5.98. The van der Waals surface area contributed by atoms with Crippen LogP contribution in [0.2, 0.25) is 0 Å². The Kier molecular flexibility index (Phi) is 7.14. The average molecular weight is 489 g/mol. The molecule has 0 spiro atoms. The first-order chi connectivity index (χ1) is 16.6. The van der Waals surface area contributed by atoms with Gasteiger partial charge in [0.1, 0.15) is 0 Å². The molecule has 1 aromatic carbocycles. The summed E-state index contributed by atoms with van der Waals surface area (Å²) >= 11 is 0. The van der Waals surface area contributed by atoms with Crippen LogP contribution < -0.4 is 0 Å². The van der Waals surface area contributed by atoms with E-state index in [1.807, 2.05) is 0 Å². The summed E-state index contributed by atoms with van der Waals surface area (Å²) in [5, 5.41) is 33.8. The third kappa shape index (κ3) is 5.18. The van der Waals surface area contributed by atoms with Crippen molar-refractivity contribution in [3.05, 3.63) is 34.9 Å². The van der Waals surface area contributed by atoms with Gasteiger partial charge < -0.3 is 30.2 Å². The van der Waals surface area contributed by atoms with Gasteiger partial charge in [0.05, 0.1) is 12.8 Å². The van der Waals surface area contributed by atoms with Gasteiger partial charge in [-0.2, -0.15) is 0 Å². The number of carboxylic acids is 3. The molecule has 2 atom stereocenters. The molecule has 3 saturated heterocycles. The zero-order chi connectivity index (χ0) is 25.3. The zero-order valence-electron chi connectivity index (χ0n) is 19.6. The predicted octanol–water partition coefficient (Wildman–Crippen LogP) is 1.41. The van der Waals surface area contributed by atoms with Crippen LogP contribution in [0.3, 0.4) is 0 Å². The van der Waals surface area contributed by atoms with E-state index in [1.165, 1.54) is 49.9 Å². The lowest BCUT2D eigenvalue weighted by Crippen LogP contribution is -2.60. The van der Waals surface area contributed by atoms with Crippen LogP contribution in [-0.4, -0.2) is 91.9 Å². The molecule has 10 nitrogen and oxygen atoms in total. The number of hydrogen-bond acceptors (Lipinski definition) is 6. The molecule has 0 radical (unpaired) electrons. The van der Waals surface area contributed by atoms with E-state index in [0.717, 1.165) is 31.0 Å². The van der Waals surface area contributed by atoms with Gasteiger partial charge >= 0.3 is 17.9 Å². The largest absolute Gasteiger partial charge is 0.481 e. The second-order valence-electron chi connectivity index (χ2n) is 10.1. The molecule has 4 aliphatic heterocycles. The van der Waals surface area contributed by atoms with E-state index in [4.69, 9.17) is 20.4 Å². The maximum absolute atomic E-state index is 13.1. The maximum Gasteiger partial charge on any atom is 0.336 e. The molecular formula is C25H32N2O8. The molecule has 5 aliphatic rings. The third-order valence-electron chi connectivity index (χ3n) is 7.82. The molecule has 2 bridgehead atoms. The van der Waals surface area contributed by atoms with Crippen LogP contribution in [0.25, 0.3) is 0 Å². The Labute approximate surface area is 203 Å². The second kappa shape index (κ2) is 9.94. The van der Waals surface area contributed by atoms with Crippen molar-refractivity contribution in [3.63, 3.8) is 0 Å². The number of hydrogen-bond donors (Lipinski definition) is 4. The number of nitrogens with zero attached hydrogens (tertiary/aromatic N) is 2. The fraction of sp³-hybridized carbons (Fsp3) is 0.600. The summed E-state index contributed by atoms with van der Waals surface area (Å²) in [6.07, 6.45) is 3.98. The van der Waals surface area contributed by atoms with E-state index in [2.05, 4.69) is 28.0 Å². The van der Waals surface area contributed by atoms with Gasteiger partial charge in [-0.1, -0.05) is 12.1 Å². The fourth-order valence-corrected chi connectivity index (χ4v) is 6.13. The van der Waals surface area contributed by atoms with Crippen LogP contribution in [0.1, 0.15) is 65.9 Å². The number of carbonyl (C=O) groups excluding carboxylic acids is 1. The molecule has 6 rings (SSSR count). The van der Waals surface area contributed by atoms with E-state index in [-0.39, 0.29) is 0 Å². The van der Waals surface area contributed by atoms with E-state index in [1.54, 1.807) is 0 Å². The van der Waals surface area contributed by atoms with Crippen LogP contribution in [0.15, 0.2) is 18.2 Å². The van der Waals surface area contributed by atoms with Gasteiger partial charge in [0.15, 0.2) is 5.60 Å². The quantitative estimate of drug-likeness (QED) is 0.465. The lowest BCUT2D eigenvalue weighted by molar-refractivity contribution is -0.170. The summed E-state index contributed by atoms with van der Waals surface area (Å²) in [5.74, 6) is -3.38. The molecule has 1 aliphatic carbocycles. The highest BCUT2D eigenvalue weighted by Crippen LogP contribution is 2.41. The standard InChI is InChI=1S/C19H24N2O.C6H8O7/c22-19-16-6-2-4-14-3-1-5-15(18(14)16)11-21(19)17-12-20-9-7-13(17)8-10-20;7-3(8)1-6(13,5(11)12)2-4(9)10/h2,4,6,13,15,17H,1,3,5,7-12H2;13H,1-2H2,(H,7,8)(H,9,10)(H,11,12)/t15-,17+;/m0./s1. The lowest BCUT2D eigenvalue weighted by Gasteiger charge is -2.51. The van der Waals surface area contributed by atoms with Crippen molar-refractivity contribution >= 4 is 23.8 Å². The Morgan fingerprint density at radius 1 is 0.971 bits per heavy atom. The molecule has 4 N–H and O–H groups in total. The van der Waals surface area contributed by atoms with Crippen molar-refractivity contribution in [2.24, 2.45) is 5.92 Å². The van der Waals surface area contributed by atoms with Crippen LogP contribution in [0.4, 0.5) is 0 Å². The van der Waals surface area contributed by atoms with Gasteiger partial charge in [0.2, 0.25) is 0 Å². The van der Waals surface area contributed by atoms with E-state index < -0.39 is 36.4 Å². The monoisotopic (exact) mass is 488 g/mol. The van der Waals surface area contributed by atoms with Crippen molar-refractivity contribution in [2.45, 2.75) is 62.5 Å². The number of aliphatic hydroxyl groups is 1. The first-order valence-corrected chi connectivity index (χ1v) is 12.1. The molecule has 3 fully saturated rings. The molecule has 1 amide bonds. The third-order valence-corrected chi connectivity index (χ3v) is 7.82. The van der Waals surface area contributed by atoms with Gasteiger partial charge in [-0.3, -0.25) is 14.4 Å². The summed E-state index contributed by atoms with van der Waals surface area (Å²) < 4.78 is 0. The van der Waals surface area contributed by atoms with Gasteiger partial charge in [-0.25, -0.2) is 4.79 Å². The first-order valence-electron chi connectivity index (χ1n) is 12.1. The highest BCUT2D eigenvalue weighted by Gasteiger charge is 2.44. The second-order valence-corrected chi connectivity index (χ2v) is 10.1. The van der Waals surface area contributed by atoms with E-state index in [9.17, 15) is 19.2 Å². The van der Waals surface area contributed by atoms with Gasteiger partial charge in [0, 0.05) is 30.6 Å². The fourth-order valence-electron chi connectivity index (χ4n) is 6.13. The van der Waals surface area contributed by atoms with Crippen LogP contribution in [0.5, 0.6) is 0 Å². The minimum atomic E-state index is -2.74. The molecule has 190 valence electrons. The number of aryl methyl sites for hydroxylation is 1. The predicted molar refractivity (Wildman–Crippen MR) is 123 cm³/mol. The Hall–Kier alpha value is -2.98. The lowest BCUT2D eigenvalue weighted by atomic mass is 9.75. The van der Waals surface area contributed by atoms with Crippen LogP contribution in [0, 0.1) is 5.92 Å². The maximum atomic E-state index is 13.1. The number of piperidine rings is 3. The molecule has 4 heterocycles. The SMILES string of the molecule is O=C(O)CC(O)(CC(=O)O)C(=O)O.O=C1c2cccc3c2[C@@H](CCC3)CN1[C@@H]1CN2CCC1CC2. The Balaban J connectivity index is 0.000000193. The highest BCUT2D eigenvalue weighted by atomic mass is 16.4. The first kappa shape index (κ1) is 25.1. The number of carbonyl (C=O) groups is 4. The van der Waals surface area contributed by atoms with Crippen molar-refractivity contribution < 1.29 is 39.6 Å². The molecule has 10 heteroatoms. The van der Waals surface area contributed by atoms with E-state index in [0.29, 0.717) is 17.9 Å². The van der Waals surface area contributed by atoms with Crippen molar-refractivity contribution in [2.75, 3.05) is 26.2 Å². The normalized spacial score (nSPS) is 26.9. The number of rotatable bonds is 6. The number of aliphatic carboxylic acids is 3. The molecule has 1 aromatic rings. The Morgan fingerprint density at radius 2 is 1.63 bits per heavy atom. The summed E-state index contributed by atoms with van der Waals surface area (Å²) in [7, 11) is 0. The number of amides is 1. The molecule has 0 unspecified atom stereocenters. The van der Waals surface area contributed by atoms with Gasteiger partial charge in [0.25, 0.3) is 5.91 Å². The Morgan fingerprint density at radius 3 is 2.17 bits per heavy atom. The number of benzene rings is 1. The summed E-state index contributed by atoms with van der Waals surface area (Å²) in [5.41, 5.74) is 1.12. The smallest absolute Gasteiger partial charge is 0.336 e. The van der Waals surface area contributed by atoms with Gasteiger partial charge in [-0.05, 0) is 68.3 Å². The molecular weight excluding hydrogens is 456 g/mol. The zero-order valence-corrected chi connectivity index (χ0v) is 19.6. The minimum absolute atomic E-state index is 0.314. The molecule has 0 saturated carbocycles. The molecule has 35 heavy (non-hydrogen) atoms. The topological polar surface area (TPSA) is 156 Å². The van der Waals surface area contributed by atoms with Gasteiger partial charge in [-0.15, -0.1) is 0 Å². The average Bonchev–Trinajstić information content (AvgIpc) is 2.81. The number of fused-ring (bicyclic) bond motifs is 3. The Bertz CT molecular complexity index is 1000. The van der Waals surface area contributed by atoms with Crippen LogP contribution in [-0.2, 0) is 20.8 Å². The summed E-state index contributed by atoms with van der Waals surface area (Å²) in [6, 6.07) is 6.87. The summed E-state index contributed by atoms with van der Waals surface area (Å²) in [4.78, 5) is 48.4.